The van der Waals surface area contributed by atoms with Gasteiger partial charge >= 0.3 is 0 Å². The fraction of sp³-hybridized carbons (Fsp3) is 0.238. The summed E-state index contributed by atoms with van der Waals surface area (Å²) in [7, 11) is 0. The second kappa shape index (κ2) is 10.4. The summed E-state index contributed by atoms with van der Waals surface area (Å²) in [4.78, 5) is 24.7. The van der Waals surface area contributed by atoms with Gasteiger partial charge in [0.25, 0.3) is 5.91 Å². The van der Waals surface area contributed by atoms with Crippen LogP contribution in [-0.2, 0) is 11.3 Å². The lowest BCUT2D eigenvalue weighted by Crippen LogP contribution is -2.29. The molecule has 1 atom stereocenters. The molecule has 0 aliphatic carbocycles. The van der Waals surface area contributed by atoms with E-state index in [9.17, 15) is 14.0 Å². The second-order valence-corrected chi connectivity index (χ2v) is 7.95. The molecule has 162 valence electrons. The van der Waals surface area contributed by atoms with Crippen LogP contribution in [0, 0.1) is 5.82 Å². The van der Waals surface area contributed by atoms with Crippen molar-refractivity contribution >= 4 is 40.9 Å². The van der Waals surface area contributed by atoms with E-state index in [0.717, 1.165) is 0 Å². The maximum absolute atomic E-state index is 13.0. The quantitative estimate of drug-likeness (QED) is 0.488. The summed E-state index contributed by atoms with van der Waals surface area (Å²) >= 11 is 7.32. The Labute approximate surface area is 188 Å². The van der Waals surface area contributed by atoms with Crippen molar-refractivity contribution in [2.45, 2.75) is 31.6 Å². The van der Waals surface area contributed by atoms with Crippen LogP contribution < -0.4 is 10.6 Å². The molecule has 10 heteroatoms. The predicted molar refractivity (Wildman–Crippen MR) is 119 cm³/mol. The maximum Gasteiger partial charge on any atom is 0.253 e. The number of aromatic nitrogens is 3. The lowest BCUT2D eigenvalue weighted by molar-refractivity contribution is -0.113. The van der Waals surface area contributed by atoms with Crippen LogP contribution in [0.25, 0.3) is 0 Å². The highest BCUT2D eigenvalue weighted by Crippen LogP contribution is 2.22. The molecule has 3 rings (SSSR count). The minimum absolute atomic E-state index is 0.107. The van der Waals surface area contributed by atoms with Crippen molar-refractivity contribution in [3.05, 3.63) is 70.8 Å². The lowest BCUT2D eigenvalue weighted by Gasteiger charge is -2.15. The number of amides is 2. The van der Waals surface area contributed by atoms with Crippen molar-refractivity contribution in [1.29, 1.82) is 0 Å². The van der Waals surface area contributed by atoms with E-state index < -0.39 is 6.04 Å². The number of carbonyl (C=O) groups is 2. The van der Waals surface area contributed by atoms with Crippen LogP contribution in [0.15, 0.2) is 53.7 Å². The molecule has 3 aromatic rings. The minimum Gasteiger partial charge on any atom is -0.342 e. The van der Waals surface area contributed by atoms with Crippen molar-refractivity contribution in [3.63, 3.8) is 0 Å². The third-order valence-electron chi connectivity index (χ3n) is 4.38. The molecule has 7 nitrogen and oxygen atoms in total. The first-order chi connectivity index (χ1) is 14.9. The van der Waals surface area contributed by atoms with E-state index >= 15 is 0 Å². The summed E-state index contributed by atoms with van der Waals surface area (Å²) in [5.41, 5.74) is 0.895. The molecule has 0 aliphatic rings. The highest BCUT2D eigenvalue weighted by atomic mass is 35.5. The van der Waals surface area contributed by atoms with Crippen LogP contribution in [-0.4, -0.2) is 32.3 Å². The first-order valence-corrected chi connectivity index (χ1v) is 10.9. The topological polar surface area (TPSA) is 88.9 Å². The van der Waals surface area contributed by atoms with Crippen LogP contribution in [0.4, 0.5) is 10.1 Å². The largest absolute Gasteiger partial charge is 0.342 e. The van der Waals surface area contributed by atoms with E-state index in [1.807, 2.05) is 11.5 Å². The van der Waals surface area contributed by atoms with Gasteiger partial charge in [-0.15, -0.1) is 10.2 Å². The Morgan fingerprint density at radius 2 is 1.87 bits per heavy atom. The zero-order valence-corrected chi connectivity index (χ0v) is 18.5. The highest BCUT2D eigenvalue weighted by Gasteiger charge is 2.21. The summed E-state index contributed by atoms with van der Waals surface area (Å²) in [6, 6.07) is 11.9. The number of anilines is 1. The van der Waals surface area contributed by atoms with Crippen LogP contribution in [0.5, 0.6) is 0 Å². The summed E-state index contributed by atoms with van der Waals surface area (Å²) in [6.07, 6.45) is 0. The first kappa shape index (κ1) is 22.8. The number of hydrogen-bond acceptors (Lipinski definition) is 5. The molecule has 2 N–H and O–H groups in total. The van der Waals surface area contributed by atoms with E-state index in [2.05, 4.69) is 20.8 Å². The Hall–Kier alpha value is -2.91. The number of thioether (sulfide) groups is 1. The van der Waals surface area contributed by atoms with Gasteiger partial charge in [0.15, 0.2) is 11.0 Å². The number of carbonyl (C=O) groups excluding carboxylic acids is 2. The fourth-order valence-electron chi connectivity index (χ4n) is 2.87. The van der Waals surface area contributed by atoms with Gasteiger partial charge in [0.1, 0.15) is 5.82 Å². The maximum atomic E-state index is 13.0. The van der Waals surface area contributed by atoms with Gasteiger partial charge in [-0.2, -0.15) is 0 Å². The van der Waals surface area contributed by atoms with Crippen LogP contribution in [0.2, 0.25) is 5.02 Å². The van der Waals surface area contributed by atoms with Crippen molar-refractivity contribution in [1.82, 2.24) is 20.1 Å². The molecular weight excluding hydrogens is 441 g/mol. The molecule has 0 aliphatic heterocycles. The van der Waals surface area contributed by atoms with Gasteiger partial charge in [-0.1, -0.05) is 35.5 Å². The van der Waals surface area contributed by atoms with Crippen LogP contribution in [0.3, 0.4) is 0 Å². The Bertz CT molecular complexity index is 1070. The number of nitrogens with zero attached hydrogens (tertiary/aromatic N) is 3. The number of nitrogens with one attached hydrogen (secondary N) is 2. The zero-order valence-electron chi connectivity index (χ0n) is 16.9. The number of rotatable bonds is 8. The van der Waals surface area contributed by atoms with Gasteiger partial charge in [-0.05, 0) is 50.2 Å². The van der Waals surface area contributed by atoms with Gasteiger partial charge in [0.05, 0.1) is 22.4 Å². The van der Waals surface area contributed by atoms with Crippen molar-refractivity contribution in [3.8, 4) is 0 Å². The SMILES string of the molecule is CCn1c(SCC(=O)Nc2ccc(F)cc2)nnc1C(C)NC(=O)c1ccccc1Cl. The molecule has 1 unspecified atom stereocenters. The van der Waals surface area contributed by atoms with Crippen molar-refractivity contribution in [2.75, 3.05) is 11.1 Å². The van der Waals surface area contributed by atoms with E-state index in [-0.39, 0.29) is 23.4 Å². The summed E-state index contributed by atoms with van der Waals surface area (Å²) < 4.78 is 14.8. The van der Waals surface area contributed by atoms with Crippen LogP contribution >= 0.6 is 23.4 Å². The minimum atomic E-state index is -0.418. The molecule has 1 heterocycles. The molecule has 0 saturated carbocycles. The van der Waals surface area contributed by atoms with E-state index in [1.165, 1.54) is 36.0 Å². The molecule has 2 amide bonds. The average molecular weight is 462 g/mol. The van der Waals surface area contributed by atoms with E-state index in [4.69, 9.17) is 11.6 Å². The highest BCUT2D eigenvalue weighted by molar-refractivity contribution is 7.99. The molecular formula is C21H21ClFN5O2S. The third-order valence-corrected chi connectivity index (χ3v) is 5.67. The van der Waals surface area contributed by atoms with Gasteiger partial charge in [-0.25, -0.2) is 4.39 Å². The predicted octanol–water partition coefficient (Wildman–Crippen LogP) is 4.31. The second-order valence-electron chi connectivity index (χ2n) is 6.60. The molecule has 0 bridgehead atoms. The fourth-order valence-corrected chi connectivity index (χ4v) is 3.90. The van der Waals surface area contributed by atoms with Gasteiger partial charge < -0.3 is 15.2 Å². The molecule has 0 fully saturated rings. The summed E-state index contributed by atoms with van der Waals surface area (Å²) in [5, 5.41) is 14.9. The number of benzene rings is 2. The average Bonchev–Trinajstić information content (AvgIpc) is 3.17. The van der Waals surface area contributed by atoms with E-state index in [1.54, 1.807) is 31.2 Å². The summed E-state index contributed by atoms with van der Waals surface area (Å²) in [6.45, 7) is 4.30. The molecule has 1 aromatic heterocycles. The summed E-state index contributed by atoms with van der Waals surface area (Å²) in [5.74, 6) is -0.243. The molecule has 0 saturated heterocycles. The molecule has 31 heavy (non-hydrogen) atoms. The Morgan fingerprint density at radius 3 is 2.55 bits per heavy atom. The smallest absolute Gasteiger partial charge is 0.253 e. The Kier molecular flexibility index (Phi) is 7.64. The zero-order chi connectivity index (χ0) is 22.4. The van der Waals surface area contributed by atoms with E-state index in [0.29, 0.717) is 33.8 Å². The molecule has 0 radical (unpaired) electrons. The first-order valence-electron chi connectivity index (χ1n) is 9.55. The van der Waals surface area contributed by atoms with Crippen LogP contribution in [0.1, 0.15) is 36.1 Å². The van der Waals surface area contributed by atoms with Gasteiger partial charge in [-0.3, -0.25) is 9.59 Å². The lowest BCUT2D eigenvalue weighted by atomic mass is 10.2. The Balaban J connectivity index is 1.63. The number of hydrogen-bond donors (Lipinski definition) is 2. The third kappa shape index (κ3) is 5.83. The normalized spacial score (nSPS) is 11.7. The van der Waals surface area contributed by atoms with Crippen molar-refractivity contribution < 1.29 is 14.0 Å². The van der Waals surface area contributed by atoms with Crippen molar-refractivity contribution in [2.24, 2.45) is 0 Å². The molecule has 0 spiro atoms. The monoisotopic (exact) mass is 461 g/mol. The van der Waals surface area contributed by atoms with Gasteiger partial charge in [0, 0.05) is 12.2 Å². The standard InChI is InChI=1S/C21H21ClFN5O2S/c1-3-28-19(13(2)24-20(30)16-6-4-5-7-17(16)22)26-27-21(28)31-12-18(29)25-15-10-8-14(23)9-11-15/h4-11,13H,3,12H2,1-2H3,(H,24,30)(H,25,29). The van der Waals surface area contributed by atoms with Gasteiger partial charge in [0.2, 0.25) is 5.91 Å². The Morgan fingerprint density at radius 1 is 1.16 bits per heavy atom. The number of halogens is 2. The molecule has 2 aromatic carbocycles.